The van der Waals surface area contributed by atoms with Gasteiger partial charge in [0, 0.05) is 19.1 Å². The molecule has 2 aromatic rings. The zero-order valence-corrected chi connectivity index (χ0v) is 17.3. The number of benzene rings is 1. The first kappa shape index (κ1) is 21.3. The van der Waals surface area contributed by atoms with Crippen LogP contribution in [0.2, 0.25) is 0 Å². The second-order valence-corrected chi connectivity index (χ2v) is 8.06. The zero-order chi connectivity index (χ0) is 21.0. The van der Waals surface area contributed by atoms with Crippen LogP contribution < -0.4 is 0 Å². The third-order valence-corrected chi connectivity index (χ3v) is 4.58. The highest BCUT2D eigenvalue weighted by Crippen LogP contribution is 2.34. The SMILES string of the molecule is COCCOC1CC(c2ncc(-c3cccc(F)c3)[nH]2)N(C(=O)OC(C)(C)C)C1. The number of ether oxygens (including phenoxy) is 3. The van der Waals surface area contributed by atoms with Crippen LogP contribution in [0.25, 0.3) is 11.3 Å². The number of amides is 1. The average Bonchev–Trinajstić information content (AvgIpc) is 3.27. The number of methoxy groups -OCH3 is 1. The van der Waals surface area contributed by atoms with Crippen molar-refractivity contribution in [2.24, 2.45) is 0 Å². The molecule has 1 amide bonds. The number of hydrogen-bond donors (Lipinski definition) is 1. The number of rotatable bonds is 6. The van der Waals surface area contributed by atoms with E-state index in [1.54, 1.807) is 30.3 Å². The molecule has 1 aliphatic rings. The molecule has 0 aliphatic carbocycles. The predicted molar refractivity (Wildman–Crippen MR) is 106 cm³/mol. The van der Waals surface area contributed by atoms with Crippen molar-refractivity contribution in [1.29, 1.82) is 0 Å². The van der Waals surface area contributed by atoms with E-state index < -0.39 is 11.7 Å². The molecule has 1 saturated heterocycles. The van der Waals surface area contributed by atoms with Gasteiger partial charge >= 0.3 is 6.09 Å². The van der Waals surface area contributed by atoms with Crippen molar-refractivity contribution >= 4 is 6.09 Å². The van der Waals surface area contributed by atoms with Crippen LogP contribution in [0, 0.1) is 5.82 Å². The normalized spacial score (nSPS) is 19.6. The largest absolute Gasteiger partial charge is 0.444 e. The van der Waals surface area contributed by atoms with Crippen LogP contribution in [0.4, 0.5) is 9.18 Å². The molecule has 0 saturated carbocycles. The van der Waals surface area contributed by atoms with Crippen LogP contribution >= 0.6 is 0 Å². The Morgan fingerprint density at radius 1 is 1.34 bits per heavy atom. The van der Waals surface area contributed by atoms with Gasteiger partial charge in [0.05, 0.1) is 43.8 Å². The van der Waals surface area contributed by atoms with E-state index in [0.29, 0.717) is 43.3 Å². The van der Waals surface area contributed by atoms with Gasteiger partial charge in [0.1, 0.15) is 17.2 Å². The molecule has 0 radical (unpaired) electrons. The molecule has 1 aliphatic heterocycles. The van der Waals surface area contributed by atoms with Gasteiger partial charge in [-0.1, -0.05) is 12.1 Å². The molecule has 1 N–H and O–H groups in total. The molecule has 8 heteroatoms. The second kappa shape index (κ2) is 8.92. The summed E-state index contributed by atoms with van der Waals surface area (Å²) in [5.74, 6) is 0.300. The van der Waals surface area contributed by atoms with E-state index in [1.165, 1.54) is 12.1 Å². The number of H-pyrrole nitrogens is 1. The number of nitrogens with zero attached hydrogens (tertiary/aromatic N) is 2. The molecule has 29 heavy (non-hydrogen) atoms. The first-order valence-corrected chi connectivity index (χ1v) is 9.68. The fourth-order valence-electron chi connectivity index (χ4n) is 3.31. The molecule has 7 nitrogen and oxygen atoms in total. The average molecular weight is 405 g/mol. The van der Waals surface area contributed by atoms with Crippen molar-refractivity contribution in [3.05, 3.63) is 42.1 Å². The lowest BCUT2D eigenvalue weighted by molar-refractivity contribution is 0.00894. The molecular formula is C21H28FN3O4. The van der Waals surface area contributed by atoms with E-state index in [4.69, 9.17) is 14.2 Å². The Bertz CT molecular complexity index is 833. The minimum absolute atomic E-state index is 0.148. The summed E-state index contributed by atoms with van der Waals surface area (Å²) in [4.78, 5) is 22.1. The first-order valence-electron chi connectivity index (χ1n) is 9.68. The summed E-state index contributed by atoms with van der Waals surface area (Å²) in [6.07, 6.45) is 1.67. The smallest absolute Gasteiger partial charge is 0.411 e. The number of likely N-dealkylation sites (tertiary alicyclic amines) is 1. The Balaban J connectivity index is 1.80. The van der Waals surface area contributed by atoms with Crippen LogP contribution in [0.15, 0.2) is 30.5 Å². The summed E-state index contributed by atoms with van der Waals surface area (Å²) in [7, 11) is 1.62. The molecule has 158 valence electrons. The molecule has 1 aromatic carbocycles. The van der Waals surface area contributed by atoms with E-state index in [1.807, 2.05) is 20.8 Å². The van der Waals surface area contributed by atoms with Crippen LogP contribution in [0.5, 0.6) is 0 Å². The quantitative estimate of drug-likeness (QED) is 0.737. The van der Waals surface area contributed by atoms with E-state index in [2.05, 4.69) is 9.97 Å². The van der Waals surface area contributed by atoms with Crippen LogP contribution in [0.1, 0.15) is 39.1 Å². The summed E-state index contributed by atoms with van der Waals surface area (Å²) < 4.78 is 30.0. The van der Waals surface area contributed by atoms with E-state index in [0.717, 1.165) is 0 Å². The van der Waals surface area contributed by atoms with Gasteiger partial charge in [-0.15, -0.1) is 0 Å². The maximum Gasteiger partial charge on any atom is 0.411 e. The van der Waals surface area contributed by atoms with Crippen LogP contribution in [-0.4, -0.2) is 59.5 Å². The standard InChI is InChI=1S/C21H28FN3O4/c1-21(2,3)29-20(26)25-13-16(28-9-8-27-4)11-18(25)19-23-12-17(24-19)14-6-5-7-15(22)10-14/h5-7,10,12,16,18H,8-9,11,13H2,1-4H3,(H,23,24). The third kappa shape index (κ3) is 5.55. The lowest BCUT2D eigenvalue weighted by Crippen LogP contribution is -2.37. The maximum atomic E-state index is 13.6. The number of hydrogen-bond acceptors (Lipinski definition) is 5. The highest BCUT2D eigenvalue weighted by atomic mass is 19.1. The van der Waals surface area contributed by atoms with Crippen LogP contribution in [0.3, 0.4) is 0 Å². The van der Waals surface area contributed by atoms with E-state index in [9.17, 15) is 9.18 Å². The summed E-state index contributed by atoms with van der Waals surface area (Å²) in [5, 5.41) is 0. The topological polar surface area (TPSA) is 76.7 Å². The molecule has 2 heterocycles. The third-order valence-electron chi connectivity index (χ3n) is 4.58. The first-order chi connectivity index (χ1) is 13.8. The number of aromatic amines is 1. The number of carbonyl (C=O) groups is 1. The van der Waals surface area contributed by atoms with Gasteiger partial charge in [0.2, 0.25) is 0 Å². The van der Waals surface area contributed by atoms with Gasteiger partial charge in [-0.25, -0.2) is 14.2 Å². The molecule has 2 atom stereocenters. The van der Waals surface area contributed by atoms with Crippen molar-refractivity contribution in [2.75, 3.05) is 26.9 Å². The van der Waals surface area contributed by atoms with Gasteiger partial charge in [-0.2, -0.15) is 0 Å². The Hall–Kier alpha value is -2.45. The lowest BCUT2D eigenvalue weighted by atomic mass is 10.1. The maximum absolute atomic E-state index is 13.6. The Labute approximate surface area is 170 Å². The minimum atomic E-state index is -0.605. The molecular weight excluding hydrogens is 377 g/mol. The molecule has 2 unspecified atom stereocenters. The van der Waals surface area contributed by atoms with E-state index in [-0.39, 0.29) is 18.0 Å². The predicted octanol–water partition coefficient (Wildman–Crippen LogP) is 3.93. The molecule has 0 bridgehead atoms. The van der Waals surface area contributed by atoms with Gasteiger partial charge in [0.25, 0.3) is 0 Å². The Morgan fingerprint density at radius 2 is 2.14 bits per heavy atom. The summed E-state index contributed by atoms with van der Waals surface area (Å²) in [6.45, 7) is 6.83. The fourth-order valence-corrected chi connectivity index (χ4v) is 3.31. The summed E-state index contributed by atoms with van der Waals surface area (Å²) in [5.41, 5.74) is 0.776. The number of imidazole rings is 1. The molecule has 3 rings (SSSR count). The van der Waals surface area contributed by atoms with Crippen molar-refractivity contribution in [1.82, 2.24) is 14.9 Å². The number of carbonyl (C=O) groups excluding carboxylic acids is 1. The number of nitrogens with one attached hydrogen (secondary N) is 1. The number of aromatic nitrogens is 2. The van der Waals surface area contributed by atoms with Gasteiger partial charge < -0.3 is 19.2 Å². The fraction of sp³-hybridized carbons (Fsp3) is 0.524. The monoisotopic (exact) mass is 405 g/mol. The Morgan fingerprint density at radius 3 is 2.83 bits per heavy atom. The van der Waals surface area contributed by atoms with Crippen LogP contribution in [-0.2, 0) is 14.2 Å². The summed E-state index contributed by atoms with van der Waals surface area (Å²) in [6, 6.07) is 5.96. The lowest BCUT2D eigenvalue weighted by Gasteiger charge is -2.27. The zero-order valence-electron chi connectivity index (χ0n) is 17.3. The van der Waals surface area contributed by atoms with Gasteiger partial charge in [0.15, 0.2) is 0 Å². The minimum Gasteiger partial charge on any atom is -0.444 e. The summed E-state index contributed by atoms with van der Waals surface area (Å²) >= 11 is 0. The second-order valence-electron chi connectivity index (χ2n) is 8.06. The highest BCUT2D eigenvalue weighted by molar-refractivity contribution is 5.69. The molecule has 0 spiro atoms. The van der Waals surface area contributed by atoms with Gasteiger partial charge in [-0.3, -0.25) is 4.90 Å². The molecule has 1 fully saturated rings. The van der Waals surface area contributed by atoms with Crippen molar-refractivity contribution < 1.29 is 23.4 Å². The van der Waals surface area contributed by atoms with Gasteiger partial charge in [-0.05, 0) is 32.9 Å². The van der Waals surface area contributed by atoms with Crippen molar-refractivity contribution in [2.45, 2.75) is 44.9 Å². The van der Waals surface area contributed by atoms with E-state index >= 15 is 0 Å². The number of halogens is 1. The Kier molecular flexibility index (Phi) is 6.54. The van der Waals surface area contributed by atoms with Crippen molar-refractivity contribution in [3.8, 4) is 11.3 Å². The van der Waals surface area contributed by atoms with Crippen molar-refractivity contribution in [3.63, 3.8) is 0 Å². The highest BCUT2D eigenvalue weighted by Gasteiger charge is 2.40. The molecule has 1 aromatic heterocycles.